The summed E-state index contributed by atoms with van der Waals surface area (Å²) in [6.45, 7) is 2.69. The topological polar surface area (TPSA) is 66.5 Å². The number of aryl methyl sites for hydroxylation is 1. The fourth-order valence-corrected chi connectivity index (χ4v) is 4.65. The van der Waals surface area contributed by atoms with Gasteiger partial charge in [-0.25, -0.2) is 13.1 Å². The lowest BCUT2D eigenvalue weighted by Crippen LogP contribution is -2.28. The largest absolute Gasteiger partial charge is 0.308 e. The Morgan fingerprint density at radius 3 is 2.43 bits per heavy atom. The highest BCUT2D eigenvalue weighted by Gasteiger charge is 2.26. The number of anilines is 1. The van der Waals surface area contributed by atoms with Gasteiger partial charge in [-0.05, 0) is 66.9 Å². The Kier molecular flexibility index (Phi) is 5.64. The molecule has 3 aromatic rings. The predicted octanol–water partition coefficient (Wildman–Crippen LogP) is 4.33. The molecule has 0 bridgehead atoms. The first kappa shape index (κ1) is 20.6. The number of carbonyl (C=O) groups is 1. The van der Waals surface area contributed by atoms with E-state index in [1.165, 1.54) is 0 Å². The van der Waals surface area contributed by atoms with Crippen LogP contribution in [0.3, 0.4) is 0 Å². The van der Waals surface area contributed by atoms with Crippen molar-refractivity contribution >= 4 is 33.2 Å². The molecule has 0 radical (unpaired) electrons. The van der Waals surface area contributed by atoms with Crippen molar-refractivity contribution in [3.8, 4) is 0 Å². The Hall–Kier alpha value is -2.67. The van der Waals surface area contributed by atoms with Crippen molar-refractivity contribution in [3.05, 3.63) is 94.0 Å². The molecule has 0 aliphatic carbocycles. The Labute approximate surface area is 181 Å². The molecule has 1 aliphatic heterocycles. The van der Waals surface area contributed by atoms with Gasteiger partial charge in [-0.1, -0.05) is 41.4 Å². The van der Waals surface area contributed by atoms with E-state index < -0.39 is 10.0 Å². The second-order valence-corrected chi connectivity index (χ2v) is 9.52. The Balaban J connectivity index is 1.48. The van der Waals surface area contributed by atoms with Gasteiger partial charge in [0.2, 0.25) is 10.0 Å². The monoisotopic (exact) mass is 440 g/mol. The van der Waals surface area contributed by atoms with Crippen molar-refractivity contribution in [2.24, 2.45) is 0 Å². The summed E-state index contributed by atoms with van der Waals surface area (Å²) in [6, 6.07) is 19.3. The van der Waals surface area contributed by atoms with Crippen LogP contribution in [-0.2, 0) is 23.0 Å². The lowest BCUT2D eigenvalue weighted by Gasteiger charge is -2.18. The molecule has 0 fully saturated rings. The maximum Gasteiger partial charge on any atom is 0.258 e. The first-order chi connectivity index (χ1) is 14.3. The number of nitrogens with zero attached hydrogens (tertiary/aromatic N) is 1. The Bertz CT molecular complexity index is 1190. The zero-order valence-corrected chi connectivity index (χ0v) is 18.0. The second-order valence-electron chi connectivity index (χ2n) is 7.31. The first-order valence-corrected chi connectivity index (χ1v) is 11.5. The molecule has 154 valence electrons. The Morgan fingerprint density at radius 1 is 1.03 bits per heavy atom. The van der Waals surface area contributed by atoms with Crippen LogP contribution in [0.4, 0.5) is 5.69 Å². The van der Waals surface area contributed by atoms with Crippen molar-refractivity contribution < 1.29 is 13.2 Å². The molecule has 0 saturated heterocycles. The SMILES string of the molecule is Cc1ccc(S(=O)(=O)NCc2ccc3c(c2)CCN3C(=O)c2ccc(Cl)cc2)cc1. The van der Waals surface area contributed by atoms with E-state index in [1.807, 2.05) is 25.1 Å². The highest BCUT2D eigenvalue weighted by molar-refractivity contribution is 7.89. The highest BCUT2D eigenvalue weighted by Crippen LogP contribution is 2.30. The summed E-state index contributed by atoms with van der Waals surface area (Å²) in [6.07, 6.45) is 0.729. The van der Waals surface area contributed by atoms with E-state index in [9.17, 15) is 13.2 Å². The van der Waals surface area contributed by atoms with E-state index in [0.29, 0.717) is 17.1 Å². The number of hydrogen-bond acceptors (Lipinski definition) is 3. The van der Waals surface area contributed by atoms with Gasteiger partial charge in [0.25, 0.3) is 5.91 Å². The summed E-state index contributed by atoms with van der Waals surface area (Å²) < 4.78 is 27.6. The third-order valence-corrected chi connectivity index (χ3v) is 6.84. The van der Waals surface area contributed by atoms with Gasteiger partial charge in [-0.2, -0.15) is 0 Å². The first-order valence-electron chi connectivity index (χ1n) is 9.59. The molecule has 0 unspecified atom stereocenters. The fourth-order valence-electron chi connectivity index (χ4n) is 3.50. The van der Waals surface area contributed by atoms with Crippen LogP contribution in [-0.4, -0.2) is 20.9 Å². The number of hydrogen-bond donors (Lipinski definition) is 1. The molecule has 0 atom stereocenters. The van der Waals surface area contributed by atoms with E-state index >= 15 is 0 Å². The maximum absolute atomic E-state index is 12.8. The van der Waals surface area contributed by atoms with E-state index in [4.69, 9.17) is 11.6 Å². The van der Waals surface area contributed by atoms with E-state index in [2.05, 4.69) is 4.72 Å². The quantitative estimate of drug-likeness (QED) is 0.642. The number of fused-ring (bicyclic) bond motifs is 1. The number of benzene rings is 3. The average Bonchev–Trinajstić information content (AvgIpc) is 3.16. The van der Waals surface area contributed by atoms with Gasteiger partial charge in [0.05, 0.1) is 4.90 Å². The molecular formula is C23H21ClN2O3S. The molecule has 0 saturated carbocycles. The van der Waals surface area contributed by atoms with Crippen LogP contribution in [0.5, 0.6) is 0 Å². The summed E-state index contributed by atoms with van der Waals surface area (Å²) in [5, 5.41) is 0.589. The molecule has 1 aliphatic rings. The lowest BCUT2D eigenvalue weighted by molar-refractivity contribution is 0.0989. The van der Waals surface area contributed by atoms with Crippen LogP contribution in [0.15, 0.2) is 71.6 Å². The van der Waals surface area contributed by atoms with Crippen molar-refractivity contribution in [1.29, 1.82) is 0 Å². The summed E-state index contributed by atoms with van der Waals surface area (Å²) in [5.41, 5.74) is 4.34. The molecular weight excluding hydrogens is 420 g/mol. The molecule has 3 aromatic carbocycles. The normalized spacial score (nSPS) is 13.3. The van der Waals surface area contributed by atoms with Crippen molar-refractivity contribution in [1.82, 2.24) is 4.72 Å². The number of rotatable bonds is 5. The number of nitrogens with one attached hydrogen (secondary N) is 1. The maximum atomic E-state index is 12.8. The van der Waals surface area contributed by atoms with Crippen LogP contribution < -0.4 is 9.62 Å². The third-order valence-electron chi connectivity index (χ3n) is 5.17. The third kappa shape index (κ3) is 4.26. The number of carbonyl (C=O) groups excluding carboxylic acids is 1. The summed E-state index contributed by atoms with van der Waals surface area (Å²) >= 11 is 5.91. The van der Waals surface area contributed by atoms with Crippen LogP contribution in [0.2, 0.25) is 5.02 Å². The van der Waals surface area contributed by atoms with Crippen LogP contribution >= 0.6 is 11.6 Å². The summed E-state index contributed by atoms with van der Waals surface area (Å²) in [4.78, 5) is 14.8. The minimum absolute atomic E-state index is 0.0711. The number of amides is 1. The van der Waals surface area contributed by atoms with Crippen molar-refractivity contribution in [3.63, 3.8) is 0 Å². The molecule has 0 aromatic heterocycles. The smallest absolute Gasteiger partial charge is 0.258 e. The molecule has 1 heterocycles. The van der Waals surface area contributed by atoms with Gasteiger partial charge in [0.1, 0.15) is 0 Å². The summed E-state index contributed by atoms with van der Waals surface area (Å²) in [5.74, 6) is -0.0711. The zero-order valence-electron chi connectivity index (χ0n) is 16.4. The van der Waals surface area contributed by atoms with Gasteiger partial charge in [-0.15, -0.1) is 0 Å². The van der Waals surface area contributed by atoms with Gasteiger partial charge < -0.3 is 4.90 Å². The molecule has 1 amide bonds. The molecule has 5 nitrogen and oxygen atoms in total. The van der Waals surface area contributed by atoms with Gasteiger partial charge in [-0.3, -0.25) is 4.79 Å². The lowest BCUT2D eigenvalue weighted by atomic mass is 10.1. The van der Waals surface area contributed by atoms with Gasteiger partial charge in [0.15, 0.2) is 0 Å². The van der Waals surface area contributed by atoms with E-state index in [1.54, 1.807) is 53.4 Å². The molecule has 4 rings (SSSR count). The number of halogens is 1. The van der Waals surface area contributed by atoms with Crippen molar-refractivity contribution in [2.45, 2.75) is 24.8 Å². The Morgan fingerprint density at radius 2 is 1.73 bits per heavy atom. The van der Waals surface area contributed by atoms with Crippen LogP contribution in [0.25, 0.3) is 0 Å². The van der Waals surface area contributed by atoms with Gasteiger partial charge in [0, 0.05) is 29.4 Å². The molecule has 1 N–H and O–H groups in total. The second kappa shape index (κ2) is 8.22. The number of sulfonamides is 1. The average molecular weight is 441 g/mol. The molecule has 0 spiro atoms. The van der Waals surface area contributed by atoms with Crippen LogP contribution in [0.1, 0.15) is 27.0 Å². The zero-order chi connectivity index (χ0) is 21.3. The van der Waals surface area contributed by atoms with Crippen molar-refractivity contribution in [2.75, 3.05) is 11.4 Å². The van der Waals surface area contributed by atoms with Crippen LogP contribution in [0, 0.1) is 6.92 Å². The predicted molar refractivity (Wildman–Crippen MR) is 118 cm³/mol. The highest BCUT2D eigenvalue weighted by atomic mass is 35.5. The van der Waals surface area contributed by atoms with Gasteiger partial charge >= 0.3 is 0 Å². The minimum Gasteiger partial charge on any atom is -0.308 e. The summed E-state index contributed by atoms with van der Waals surface area (Å²) in [7, 11) is -3.58. The molecule has 7 heteroatoms. The molecule has 30 heavy (non-hydrogen) atoms. The van der Waals surface area contributed by atoms with E-state index in [0.717, 1.165) is 28.8 Å². The standard InChI is InChI=1S/C23H21ClN2O3S/c1-16-2-9-21(10-3-16)30(28,29)25-15-17-4-11-22-19(14-17)12-13-26(22)23(27)18-5-7-20(24)8-6-18/h2-11,14,25H,12-13,15H2,1H3. The minimum atomic E-state index is -3.58. The van der Waals surface area contributed by atoms with E-state index in [-0.39, 0.29) is 17.3 Å². The fraction of sp³-hybridized carbons (Fsp3) is 0.174.